The molecule has 3 aromatic rings. The van der Waals surface area contributed by atoms with Gasteiger partial charge < -0.3 is 15.6 Å². The number of nitrogens with zero attached hydrogens (tertiary/aromatic N) is 3. The molecule has 1 fully saturated rings. The summed E-state index contributed by atoms with van der Waals surface area (Å²) in [5.41, 5.74) is 9.03. The van der Waals surface area contributed by atoms with Gasteiger partial charge in [0, 0.05) is 24.5 Å². The van der Waals surface area contributed by atoms with Gasteiger partial charge in [-0.05, 0) is 24.3 Å². The van der Waals surface area contributed by atoms with E-state index in [1.54, 1.807) is 0 Å². The van der Waals surface area contributed by atoms with Crippen molar-refractivity contribution in [2.45, 2.75) is 19.4 Å². The normalized spacial score (nSPS) is 17.7. The first-order chi connectivity index (χ1) is 12.7. The lowest BCUT2D eigenvalue weighted by Crippen LogP contribution is -2.59. The van der Waals surface area contributed by atoms with Crippen LogP contribution in [0.2, 0.25) is 0 Å². The molecule has 0 aliphatic carbocycles. The van der Waals surface area contributed by atoms with Crippen LogP contribution in [0.25, 0.3) is 10.9 Å². The van der Waals surface area contributed by atoms with Gasteiger partial charge in [-0.1, -0.05) is 37.3 Å². The third-order valence-electron chi connectivity index (χ3n) is 5.21. The first-order valence-corrected chi connectivity index (χ1v) is 9.14. The zero-order chi connectivity index (χ0) is 18.1. The number of aromatic nitrogens is 1. The summed E-state index contributed by atoms with van der Waals surface area (Å²) in [6, 6.07) is 18.1. The second-order valence-corrected chi connectivity index (χ2v) is 6.72. The number of nitrogen functional groups attached to an aromatic ring is 1. The van der Waals surface area contributed by atoms with Crippen LogP contribution in [-0.2, 0) is 4.79 Å². The quantitative estimate of drug-likeness (QED) is 0.737. The molecule has 134 valence electrons. The van der Waals surface area contributed by atoms with Crippen molar-refractivity contribution < 1.29 is 4.79 Å². The van der Waals surface area contributed by atoms with Crippen molar-refractivity contribution >= 4 is 28.1 Å². The molecule has 5 nitrogen and oxygen atoms in total. The summed E-state index contributed by atoms with van der Waals surface area (Å²) in [6.07, 6.45) is 2.61. The smallest absolute Gasteiger partial charge is 0.156 e. The fraction of sp³-hybridized carbons (Fsp3) is 0.286. The summed E-state index contributed by atoms with van der Waals surface area (Å²) in [4.78, 5) is 14.9. The van der Waals surface area contributed by atoms with Gasteiger partial charge in [-0.3, -0.25) is 9.47 Å². The Bertz CT molecular complexity index is 932. The number of piperazine rings is 1. The van der Waals surface area contributed by atoms with Gasteiger partial charge >= 0.3 is 0 Å². The van der Waals surface area contributed by atoms with Gasteiger partial charge in [-0.2, -0.15) is 0 Å². The molecule has 1 saturated heterocycles. The summed E-state index contributed by atoms with van der Waals surface area (Å²) in [7, 11) is 0. The van der Waals surface area contributed by atoms with Crippen molar-refractivity contribution in [2.75, 3.05) is 35.3 Å². The minimum absolute atomic E-state index is 0.195. The molecular formula is C21H24N4O. The van der Waals surface area contributed by atoms with Crippen molar-refractivity contribution in [1.29, 1.82) is 0 Å². The fourth-order valence-corrected chi connectivity index (χ4v) is 3.83. The van der Waals surface area contributed by atoms with E-state index < -0.39 is 0 Å². The number of fused-ring (bicyclic) bond motifs is 1. The molecule has 1 aliphatic heterocycles. The predicted octanol–water partition coefficient (Wildman–Crippen LogP) is 3.03. The maximum absolute atomic E-state index is 12.7. The van der Waals surface area contributed by atoms with Gasteiger partial charge in [-0.25, -0.2) is 0 Å². The second kappa shape index (κ2) is 6.75. The number of carbonyl (C=O) groups is 1. The van der Waals surface area contributed by atoms with E-state index >= 15 is 0 Å². The van der Waals surface area contributed by atoms with E-state index in [1.807, 2.05) is 37.3 Å². The number of ketones is 1. The minimum Gasteiger partial charge on any atom is -0.397 e. The molecule has 1 aromatic heterocycles. The predicted molar refractivity (Wildman–Crippen MR) is 107 cm³/mol. The molecule has 5 heteroatoms. The molecule has 0 bridgehead atoms. The molecule has 2 N–H and O–H groups in total. The third kappa shape index (κ3) is 2.79. The molecule has 1 unspecified atom stereocenters. The molecule has 2 heterocycles. The molecule has 4 rings (SSSR count). The highest BCUT2D eigenvalue weighted by Crippen LogP contribution is 2.28. The van der Waals surface area contributed by atoms with Crippen LogP contribution in [0, 0.1) is 0 Å². The molecule has 2 aromatic carbocycles. The van der Waals surface area contributed by atoms with Crippen LogP contribution in [0.5, 0.6) is 0 Å². The van der Waals surface area contributed by atoms with Crippen LogP contribution in [0.4, 0.5) is 11.4 Å². The summed E-state index contributed by atoms with van der Waals surface area (Å²) >= 11 is 0. The second-order valence-electron chi connectivity index (χ2n) is 6.72. The number of Topliss-reactive ketones (excluding diaryl/α,β-unsaturated/α-hetero) is 1. The summed E-state index contributed by atoms with van der Waals surface area (Å²) in [6.45, 7) is 4.18. The Morgan fingerprint density at radius 2 is 1.85 bits per heavy atom. The van der Waals surface area contributed by atoms with Gasteiger partial charge in [0.2, 0.25) is 0 Å². The van der Waals surface area contributed by atoms with Crippen LogP contribution in [-0.4, -0.2) is 36.1 Å². The Morgan fingerprint density at radius 1 is 1.08 bits per heavy atom. The van der Waals surface area contributed by atoms with Crippen LogP contribution in [0.3, 0.4) is 0 Å². The molecule has 0 spiro atoms. The highest BCUT2D eigenvalue weighted by molar-refractivity contribution is 5.89. The average Bonchev–Trinajstić information content (AvgIpc) is 3.11. The fourth-order valence-electron chi connectivity index (χ4n) is 3.83. The Morgan fingerprint density at radius 3 is 2.65 bits per heavy atom. The van der Waals surface area contributed by atoms with Crippen LogP contribution >= 0.6 is 0 Å². The molecule has 0 radical (unpaired) electrons. The largest absolute Gasteiger partial charge is 0.397 e. The average molecular weight is 348 g/mol. The number of rotatable bonds is 4. The zero-order valence-corrected chi connectivity index (χ0v) is 15.0. The van der Waals surface area contributed by atoms with Gasteiger partial charge in [0.15, 0.2) is 5.78 Å². The Hall–Kier alpha value is -2.95. The van der Waals surface area contributed by atoms with Gasteiger partial charge in [-0.15, -0.1) is 0 Å². The van der Waals surface area contributed by atoms with Crippen molar-refractivity contribution in [3.63, 3.8) is 0 Å². The van der Waals surface area contributed by atoms with Gasteiger partial charge in [0.25, 0.3) is 0 Å². The molecule has 0 saturated carbocycles. The Kier molecular flexibility index (Phi) is 4.29. The van der Waals surface area contributed by atoms with Crippen molar-refractivity contribution in [2.24, 2.45) is 0 Å². The summed E-state index contributed by atoms with van der Waals surface area (Å²) in [5.74, 6) is 0.245. The number of nitrogens with two attached hydrogens (primary N) is 1. The standard InChI is InChI=1S/C21H24N4O/c1-2-21(26)20-15-23(25-12-11-16-7-3-5-9-18(16)25)13-14-24(20)19-10-6-4-8-17(19)22/h3-12,20H,2,13-15,22H2,1H3. The van der Waals surface area contributed by atoms with E-state index in [2.05, 4.69) is 45.0 Å². The van der Waals surface area contributed by atoms with Gasteiger partial charge in [0.1, 0.15) is 6.04 Å². The van der Waals surface area contributed by atoms with Gasteiger partial charge in [0.05, 0.1) is 30.0 Å². The minimum atomic E-state index is -0.195. The lowest BCUT2D eigenvalue weighted by atomic mass is 10.0. The van der Waals surface area contributed by atoms with Crippen molar-refractivity contribution in [3.8, 4) is 0 Å². The van der Waals surface area contributed by atoms with Crippen molar-refractivity contribution in [1.82, 2.24) is 4.68 Å². The van der Waals surface area contributed by atoms with E-state index in [-0.39, 0.29) is 11.8 Å². The third-order valence-corrected chi connectivity index (χ3v) is 5.21. The zero-order valence-electron chi connectivity index (χ0n) is 15.0. The number of hydrogen-bond acceptors (Lipinski definition) is 4. The van der Waals surface area contributed by atoms with E-state index in [0.29, 0.717) is 13.0 Å². The summed E-state index contributed by atoms with van der Waals surface area (Å²) < 4.78 is 2.18. The van der Waals surface area contributed by atoms with E-state index in [4.69, 9.17) is 5.73 Å². The van der Waals surface area contributed by atoms with Crippen LogP contribution < -0.4 is 15.6 Å². The number of anilines is 2. The molecule has 0 amide bonds. The number of hydrogen-bond donors (Lipinski definition) is 1. The van der Waals surface area contributed by atoms with E-state index in [0.717, 1.165) is 24.5 Å². The number of carbonyl (C=O) groups excluding carboxylic acids is 1. The maximum Gasteiger partial charge on any atom is 0.156 e. The lowest BCUT2D eigenvalue weighted by molar-refractivity contribution is -0.120. The monoisotopic (exact) mass is 348 g/mol. The maximum atomic E-state index is 12.7. The van der Waals surface area contributed by atoms with Crippen molar-refractivity contribution in [3.05, 3.63) is 60.8 Å². The molecule has 1 aliphatic rings. The molecule has 1 atom stereocenters. The molecular weight excluding hydrogens is 324 g/mol. The Balaban J connectivity index is 1.67. The SMILES string of the molecule is CCC(=O)C1CN(n2ccc3ccccc32)CCN1c1ccccc1N. The number of para-hydroxylation sites is 3. The topological polar surface area (TPSA) is 54.5 Å². The first kappa shape index (κ1) is 16.5. The lowest BCUT2D eigenvalue weighted by Gasteiger charge is -2.43. The molecule has 26 heavy (non-hydrogen) atoms. The van der Waals surface area contributed by atoms with E-state index in [9.17, 15) is 4.79 Å². The highest BCUT2D eigenvalue weighted by Gasteiger charge is 2.32. The van der Waals surface area contributed by atoms with Crippen LogP contribution in [0.15, 0.2) is 60.8 Å². The first-order valence-electron chi connectivity index (χ1n) is 9.14. The van der Waals surface area contributed by atoms with E-state index in [1.165, 1.54) is 10.9 Å². The summed E-state index contributed by atoms with van der Waals surface area (Å²) in [5, 5.41) is 3.47. The van der Waals surface area contributed by atoms with Crippen LogP contribution in [0.1, 0.15) is 13.3 Å². The highest BCUT2D eigenvalue weighted by atomic mass is 16.1. The number of benzene rings is 2. The Labute approximate surface area is 153 Å².